The van der Waals surface area contributed by atoms with Crippen molar-refractivity contribution in [3.8, 4) is 0 Å². The van der Waals surface area contributed by atoms with Crippen LogP contribution in [0.25, 0.3) is 0 Å². The zero-order valence-corrected chi connectivity index (χ0v) is 12.4. The number of carbonyl (C=O) groups is 1. The van der Waals surface area contributed by atoms with E-state index in [1.165, 1.54) is 16.9 Å². The number of aliphatic hydroxyl groups excluding tert-OH is 1. The average Bonchev–Trinajstić information content (AvgIpc) is 3.10. The summed E-state index contributed by atoms with van der Waals surface area (Å²) in [5.41, 5.74) is 1.28. The largest absolute Gasteiger partial charge is 0.396 e. The van der Waals surface area contributed by atoms with E-state index in [0.717, 1.165) is 25.8 Å². The minimum absolute atomic E-state index is 0.0152. The van der Waals surface area contributed by atoms with Gasteiger partial charge in [-0.3, -0.25) is 4.79 Å². The fourth-order valence-electron chi connectivity index (χ4n) is 3.30. The number of aliphatic hydroxyl groups is 1. The third kappa shape index (κ3) is 2.86. The molecular weight excluding hydrogens is 270 g/mol. The number of rotatable bonds is 4. The van der Waals surface area contributed by atoms with E-state index in [1.54, 1.807) is 11.8 Å². The van der Waals surface area contributed by atoms with Crippen LogP contribution in [0.2, 0.25) is 0 Å². The molecular formula is C16H21NO2S. The Hall–Kier alpha value is -1.00. The molecule has 0 saturated heterocycles. The molecule has 108 valence electrons. The smallest absolute Gasteiger partial charge is 0.233 e. The molecule has 0 aromatic heterocycles. The Bertz CT molecular complexity index is 466. The maximum Gasteiger partial charge on any atom is 0.233 e. The molecule has 1 saturated carbocycles. The molecule has 1 aliphatic carbocycles. The maximum absolute atomic E-state index is 12.3. The first-order valence-electron chi connectivity index (χ1n) is 7.41. The molecule has 1 aliphatic heterocycles. The molecule has 20 heavy (non-hydrogen) atoms. The second-order valence-electron chi connectivity index (χ2n) is 5.80. The normalized spacial score (nSPS) is 28.4. The molecule has 1 aromatic carbocycles. The van der Waals surface area contributed by atoms with Gasteiger partial charge in [0, 0.05) is 18.0 Å². The zero-order chi connectivity index (χ0) is 13.9. The highest BCUT2D eigenvalue weighted by Gasteiger charge is 2.30. The first kappa shape index (κ1) is 14.0. The van der Waals surface area contributed by atoms with E-state index in [-0.39, 0.29) is 17.8 Å². The van der Waals surface area contributed by atoms with Crippen molar-refractivity contribution in [1.82, 2.24) is 5.32 Å². The van der Waals surface area contributed by atoms with Gasteiger partial charge in [0.25, 0.3) is 0 Å². The predicted molar refractivity (Wildman–Crippen MR) is 80.7 cm³/mol. The molecule has 0 spiro atoms. The Morgan fingerprint density at radius 2 is 2.10 bits per heavy atom. The standard InChI is InChI=1S/C16H21NO2S/c18-10-13-6-3-5-12(13)9-17-16(19)15-8-11-4-1-2-7-14(11)20-15/h1-2,4,7,12-13,15,18H,3,5-6,8-10H2,(H,17,19). The summed E-state index contributed by atoms with van der Waals surface area (Å²) >= 11 is 1.67. The van der Waals surface area contributed by atoms with Crippen molar-refractivity contribution in [3.05, 3.63) is 29.8 Å². The average molecular weight is 291 g/mol. The Morgan fingerprint density at radius 1 is 1.30 bits per heavy atom. The fourth-order valence-corrected chi connectivity index (χ4v) is 4.52. The number of benzene rings is 1. The lowest BCUT2D eigenvalue weighted by Gasteiger charge is -2.19. The van der Waals surface area contributed by atoms with Crippen LogP contribution in [-0.4, -0.2) is 29.4 Å². The van der Waals surface area contributed by atoms with E-state index >= 15 is 0 Å². The van der Waals surface area contributed by atoms with Crippen LogP contribution in [0.3, 0.4) is 0 Å². The number of amides is 1. The maximum atomic E-state index is 12.3. The van der Waals surface area contributed by atoms with Gasteiger partial charge in [-0.1, -0.05) is 24.6 Å². The number of hydrogen-bond donors (Lipinski definition) is 2. The van der Waals surface area contributed by atoms with Gasteiger partial charge in [0.05, 0.1) is 5.25 Å². The van der Waals surface area contributed by atoms with Crippen LogP contribution in [-0.2, 0) is 11.2 Å². The van der Waals surface area contributed by atoms with Crippen LogP contribution in [0.15, 0.2) is 29.2 Å². The van der Waals surface area contributed by atoms with Crippen molar-refractivity contribution in [2.45, 2.75) is 35.8 Å². The van der Waals surface area contributed by atoms with Gasteiger partial charge in [0.1, 0.15) is 0 Å². The van der Waals surface area contributed by atoms with Gasteiger partial charge >= 0.3 is 0 Å². The minimum Gasteiger partial charge on any atom is -0.396 e. The first-order chi connectivity index (χ1) is 9.78. The summed E-state index contributed by atoms with van der Waals surface area (Å²) in [6.07, 6.45) is 4.24. The summed E-state index contributed by atoms with van der Waals surface area (Å²) in [6.45, 7) is 0.974. The molecule has 1 amide bonds. The van der Waals surface area contributed by atoms with Crippen molar-refractivity contribution in [2.24, 2.45) is 11.8 Å². The van der Waals surface area contributed by atoms with Crippen molar-refractivity contribution in [2.75, 3.05) is 13.2 Å². The Balaban J connectivity index is 1.51. The highest BCUT2D eigenvalue weighted by Crippen LogP contribution is 2.37. The molecule has 4 heteroatoms. The summed E-state index contributed by atoms with van der Waals surface area (Å²) in [5, 5.41) is 12.4. The lowest BCUT2D eigenvalue weighted by Crippen LogP contribution is -2.37. The lowest BCUT2D eigenvalue weighted by atomic mass is 9.97. The molecule has 2 aliphatic rings. The molecule has 3 atom stereocenters. The van der Waals surface area contributed by atoms with Gasteiger partial charge in [-0.25, -0.2) is 0 Å². The predicted octanol–water partition coefficient (Wildman–Crippen LogP) is 2.23. The molecule has 3 rings (SSSR count). The molecule has 3 nitrogen and oxygen atoms in total. The van der Waals surface area contributed by atoms with E-state index in [9.17, 15) is 9.90 Å². The van der Waals surface area contributed by atoms with Crippen LogP contribution < -0.4 is 5.32 Å². The lowest BCUT2D eigenvalue weighted by molar-refractivity contribution is -0.120. The van der Waals surface area contributed by atoms with Gasteiger partial charge in [-0.15, -0.1) is 11.8 Å². The van der Waals surface area contributed by atoms with Crippen LogP contribution in [0.5, 0.6) is 0 Å². The Morgan fingerprint density at radius 3 is 2.90 bits per heavy atom. The molecule has 1 fully saturated rings. The summed E-state index contributed by atoms with van der Waals surface area (Å²) < 4.78 is 0. The summed E-state index contributed by atoms with van der Waals surface area (Å²) in [5.74, 6) is 0.983. The zero-order valence-electron chi connectivity index (χ0n) is 11.5. The first-order valence-corrected chi connectivity index (χ1v) is 8.29. The van der Waals surface area contributed by atoms with Crippen molar-refractivity contribution in [3.63, 3.8) is 0 Å². The molecule has 2 N–H and O–H groups in total. The third-order valence-electron chi connectivity index (χ3n) is 4.53. The van der Waals surface area contributed by atoms with Crippen LogP contribution in [0, 0.1) is 11.8 Å². The second-order valence-corrected chi connectivity index (χ2v) is 7.04. The molecule has 1 aromatic rings. The minimum atomic E-state index is 0.0152. The molecule has 1 heterocycles. The Kier molecular flexibility index (Phi) is 4.32. The van der Waals surface area contributed by atoms with E-state index < -0.39 is 0 Å². The van der Waals surface area contributed by atoms with Crippen molar-refractivity contribution >= 4 is 17.7 Å². The number of thioether (sulfide) groups is 1. The van der Waals surface area contributed by atoms with Crippen molar-refractivity contribution < 1.29 is 9.90 Å². The van der Waals surface area contributed by atoms with Gasteiger partial charge in [0.15, 0.2) is 0 Å². The number of fused-ring (bicyclic) bond motifs is 1. The highest BCUT2D eigenvalue weighted by molar-refractivity contribution is 8.01. The van der Waals surface area contributed by atoms with E-state index in [2.05, 4.69) is 17.4 Å². The molecule has 0 radical (unpaired) electrons. The van der Waals surface area contributed by atoms with Gasteiger partial charge < -0.3 is 10.4 Å². The van der Waals surface area contributed by atoms with Crippen molar-refractivity contribution in [1.29, 1.82) is 0 Å². The van der Waals surface area contributed by atoms with Crippen LogP contribution >= 0.6 is 11.8 Å². The quantitative estimate of drug-likeness (QED) is 0.894. The summed E-state index contributed by atoms with van der Waals surface area (Å²) in [4.78, 5) is 13.5. The molecule has 3 unspecified atom stereocenters. The monoisotopic (exact) mass is 291 g/mol. The number of nitrogens with one attached hydrogen (secondary N) is 1. The Labute approximate surface area is 124 Å². The molecule has 0 bridgehead atoms. The third-order valence-corrected chi connectivity index (χ3v) is 5.85. The van der Waals surface area contributed by atoms with Gasteiger partial charge in [0.2, 0.25) is 5.91 Å². The topological polar surface area (TPSA) is 49.3 Å². The highest BCUT2D eigenvalue weighted by atomic mass is 32.2. The van der Waals surface area contributed by atoms with Crippen LogP contribution in [0.4, 0.5) is 0 Å². The second kappa shape index (κ2) is 6.19. The summed E-state index contributed by atoms with van der Waals surface area (Å²) in [7, 11) is 0. The fraction of sp³-hybridized carbons (Fsp3) is 0.562. The van der Waals surface area contributed by atoms with Crippen LogP contribution in [0.1, 0.15) is 24.8 Å². The van der Waals surface area contributed by atoms with E-state index in [0.29, 0.717) is 11.8 Å². The van der Waals surface area contributed by atoms with E-state index in [4.69, 9.17) is 0 Å². The number of carbonyl (C=O) groups excluding carboxylic acids is 1. The SMILES string of the molecule is O=C(NCC1CCCC1CO)C1Cc2ccccc2S1. The van der Waals surface area contributed by atoms with E-state index in [1.807, 2.05) is 12.1 Å². The van der Waals surface area contributed by atoms with Gasteiger partial charge in [-0.2, -0.15) is 0 Å². The summed E-state index contributed by atoms with van der Waals surface area (Å²) in [6, 6.07) is 8.25. The number of hydrogen-bond acceptors (Lipinski definition) is 3. The van der Waals surface area contributed by atoms with Gasteiger partial charge in [-0.05, 0) is 42.7 Å².